The highest BCUT2D eigenvalue weighted by molar-refractivity contribution is 7.09. The summed E-state index contributed by atoms with van der Waals surface area (Å²) in [7, 11) is 0. The van der Waals surface area contributed by atoms with Gasteiger partial charge in [-0.25, -0.2) is 4.98 Å². The van der Waals surface area contributed by atoms with Crippen LogP contribution in [0.1, 0.15) is 50.7 Å². The fourth-order valence-electron chi connectivity index (χ4n) is 3.17. The van der Waals surface area contributed by atoms with Crippen LogP contribution in [0.4, 0.5) is 0 Å². The van der Waals surface area contributed by atoms with Crippen molar-refractivity contribution in [1.82, 2.24) is 15.2 Å². The second kappa shape index (κ2) is 8.15. The average molecular weight is 380 g/mol. The van der Waals surface area contributed by atoms with Crippen LogP contribution in [-0.2, 0) is 16.6 Å². The van der Waals surface area contributed by atoms with Gasteiger partial charge in [0.15, 0.2) is 0 Å². The van der Waals surface area contributed by atoms with Gasteiger partial charge in [-0.3, -0.25) is 4.79 Å². The van der Waals surface area contributed by atoms with E-state index in [1.807, 2.05) is 10.3 Å². The van der Waals surface area contributed by atoms with E-state index in [0.29, 0.717) is 18.5 Å². The van der Waals surface area contributed by atoms with E-state index in [1.54, 1.807) is 11.3 Å². The van der Waals surface area contributed by atoms with Crippen LogP contribution >= 0.6 is 36.2 Å². The Labute approximate surface area is 155 Å². The number of likely N-dealkylation sites (tertiary alicyclic amines) is 1. The molecule has 4 nitrogen and oxygen atoms in total. The normalized spacial score (nSPS) is 23.7. The van der Waals surface area contributed by atoms with Gasteiger partial charge in [0.25, 0.3) is 0 Å². The van der Waals surface area contributed by atoms with E-state index in [1.165, 1.54) is 12.8 Å². The van der Waals surface area contributed by atoms with Crippen LogP contribution in [0.25, 0.3) is 0 Å². The lowest BCUT2D eigenvalue weighted by atomic mass is 9.98. The molecule has 0 saturated carbocycles. The van der Waals surface area contributed by atoms with Crippen molar-refractivity contribution < 1.29 is 4.79 Å². The van der Waals surface area contributed by atoms with E-state index >= 15 is 0 Å². The van der Waals surface area contributed by atoms with Crippen molar-refractivity contribution in [2.45, 2.75) is 64.0 Å². The first-order valence-electron chi connectivity index (χ1n) is 7.90. The second-order valence-corrected chi connectivity index (χ2v) is 8.20. The van der Waals surface area contributed by atoms with Crippen LogP contribution in [0.5, 0.6) is 0 Å². The third-order valence-electron chi connectivity index (χ3n) is 4.40. The van der Waals surface area contributed by atoms with Gasteiger partial charge in [-0.05, 0) is 19.3 Å². The van der Waals surface area contributed by atoms with Crippen molar-refractivity contribution in [3.05, 3.63) is 16.1 Å². The summed E-state index contributed by atoms with van der Waals surface area (Å²) in [6, 6.07) is 1.13. The molecule has 0 spiro atoms. The summed E-state index contributed by atoms with van der Waals surface area (Å²) in [4.78, 5) is 19.2. The van der Waals surface area contributed by atoms with Crippen LogP contribution in [0.2, 0.25) is 0 Å². The summed E-state index contributed by atoms with van der Waals surface area (Å²) >= 11 is 1.67. The minimum absolute atomic E-state index is 0. The van der Waals surface area contributed by atoms with Gasteiger partial charge in [0.2, 0.25) is 5.91 Å². The molecule has 2 fully saturated rings. The molecular weight excluding hydrogens is 353 g/mol. The van der Waals surface area contributed by atoms with Crippen LogP contribution < -0.4 is 5.32 Å². The average Bonchev–Trinajstić information content (AvgIpc) is 2.95. The number of carbonyl (C=O) groups is 1. The van der Waals surface area contributed by atoms with Crippen molar-refractivity contribution in [2.75, 3.05) is 13.1 Å². The Morgan fingerprint density at radius 3 is 2.65 bits per heavy atom. The molecule has 132 valence electrons. The van der Waals surface area contributed by atoms with E-state index in [0.717, 1.165) is 30.2 Å². The number of aromatic nitrogens is 1. The van der Waals surface area contributed by atoms with Crippen LogP contribution in [0, 0.1) is 0 Å². The fraction of sp³-hybridized carbons (Fsp3) is 0.750. The number of nitrogens with zero attached hydrogens (tertiary/aromatic N) is 2. The summed E-state index contributed by atoms with van der Waals surface area (Å²) in [6.07, 6.45) is 4.02. The zero-order valence-electron chi connectivity index (χ0n) is 14.0. The molecule has 1 N–H and O–H groups in total. The molecule has 1 amide bonds. The monoisotopic (exact) mass is 379 g/mol. The van der Waals surface area contributed by atoms with Crippen molar-refractivity contribution in [3.63, 3.8) is 0 Å². The summed E-state index contributed by atoms with van der Waals surface area (Å²) in [5.41, 5.74) is 0.995. The Kier molecular flexibility index (Phi) is 7.33. The number of fused-ring (bicyclic) bond motifs is 2. The summed E-state index contributed by atoms with van der Waals surface area (Å²) in [6.45, 7) is 8.24. The maximum Gasteiger partial charge on any atom is 0.228 e. The molecule has 2 atom stereocenters. The first-order chi connectivity index (χ1) is 9.91. The highest BCUT2D eigenvalue weighted by Gasteiger charge is 2.31. The molecule has 7 heteroatoms. The highest BCUT2D eigenvalue weighted by Crippen LogP contribution is 2.26. The topological polar surface area (TPSA) is 45.2 Å². The first kappa shape index (κ1) is 20.7. The standard InChI is InChI=1S/C16H25N3OS.2ClH/c1-16(2,3)15-18-13(10-21-15)8-14(20)19-7-6-11-4-5-12(9-19)17-11;;/h10-12,17H,4-9H2,1-3H3;2*1H. The van der Waals surface area contributed by atoms with E-state index in [9.17, 15) is 4.79 Å². The van der Waals surface area contributed by atoms with E-state index in [-0.39, 0.29) is 36.1 Å². The minimum Gasteiger partial charge on any atom is -0.341 e. The van der Waals surface area contributed by atoms with Crippen molar-refractivity contribution in [3.8, 4) is 0 Å². The number of hydrogen-bond acceptors (Lipinski definition) is 4. The van der Waals surface area contributed by atoms with Crippen molar-refractivity contribution in [2.24, 2.45) is 0 Å². The van der Waals surface area contributed by atoms with Crippen molar-refractivity contribution in [1.29, 1.82) is 0 Å². The Hall–Kier alpha value is -0.360. The molecule has 2 aliphatic heterocycles. The Morgan fingerprint density at radius 2 is 2.00 bits per heavy atom. The predicted molar refractivity (Wildman–Crippen MR) is 100 cm³/mol. The Morgan fingerprint density at radius 1 is 1.30 bits per heavy atom. The number of amides is 1. The molecule has 2 aliphatic rings. The van der Waals surface area contributed by atoms with E-state index in [2.05, 4.69) is 31.1 Å². The first-order valence-corrected chi connectivity index (χ1v) is 8.78. The third-order valence-corrected chi connectivity index (χ3v) is 5.72. The van der Waals surface area contributed by atoms with Gasteiger partial charge in [0, 0.05) is 36.0 Å². The molecule has 2 unspecified atom stereocenters. The molecule has 2 bridgehead atoms. The molecule has 0 radical (unpaired) electrons. The smallest absolute Gasteiger partial charge is 0.228 e. The van der Waals surface area contributed by atoms with Gasteiger partial charge in [0.1, 0.15) is 0 Å². The van der Waals surface area contributed by atoms with Crippen LogP contribution in [0.3, 0.4) is 0 Å². The van der Waals surface area contributed by atoms with E-state index < -0.39 is 0 Å². The number of halogens is 2. The molecule has 1 aromatic heterocycles. The van der Waals surface area contributed by atoms with Crippen LogP contribution in [0.15, 0.2) is 5.38 Å². The summed E-state index contributed by atoms with van der Waals surface area (Å²) in [5, 5.41) is 6.77. The van der Waals surface area contributed by atoms with Gasteiger partial charge in [-0.15, -0.1) is 36.2 Å². The lowest BCUT2D eigenvalue weighted by molar-refractivity contribution is -0.130. The third kappa shape index (κ3) is 5.05. The number of nitrogens with one attached hydrogen (secondary N) is 1. The molecule has 0 aliphatic carbocycles. The Bertz CT molecular complexity index is 530. The maximum atomic E-state index is 12.5. The second-order valence-electron chi connectivity index (χ2n) is 7.34. The van der Waals surface area contributed by atoms with E-state index in [4.69, 9.17) is 0 Å². The number of hydrogen-bond donors (Lipinski definition) is 1. The van der Waals surface area contributed by atoms with Gasteiger partial charge in [-0.2, -0.15) is 0 Å². The Balaban J connectivity index is 0.00000132. The number of thiazole rings is 1. The fourth-order valence-corrected chi connectivity index (χ4v) is 4.08. The highest BCUT2D eigenvalue weighted by atomic mass is 35.5. The largest absolute Gasteiger partial charge is 0.341 e. The molecular formula is C16H27Cl2N3OS. The van der Waals surface area contributed by atoms with Gasteiger partial charge >= 0.3 is 0 Å². The predicted octanol–water partition coefficient (Wildman–Crippen LogP) is 3.18. The SMILES string of the molecule is CC(C)(C)c1nc(CC(=O)N2CCC3CCC(C2)N3)cs1.Cl.Cl. The maximum absolute atomic E-state index is 12.5. The van der Waals surface area contributed by atoms with Gasteiger partial charge in [-0.1, -0.05) is 20.8 Å². The lowest BCUT2D eigenvalue weighted by Crippen LogP contribution is -2.39. The molecule has 2 saturated heterocycles. The van der Waals surface area contributed by atoms with Crippen LogP contribution in [-0.4, -0.2) is 41.0 Å². The zero-order valence-corrected chi connectivity index (χ0v) is 16.5. The molecule has 23 heavy (non-hydrogen) atoms. The zero-order chi connectivity index (χ0) is 15.0. The van der Waals surface area contributed by atoms with Gasteiger partial charge in [0.05, 0.1) is 17.1 Å². The van der Waals surface area contributed by atoms with Gasteiger partial charge < -0.3 is 10.2 Å². The van der Waals surface area contributed by atoms with Crippen molar-refractivity contribution >= 4 is 42.1 Å². The molecule has 1 aromatic rings. The summed E-state index contributed by atoms with van der Waals surface area (Å²) < 4.78 is 0. The molecule has 3 rings (SSSR count). The lowest BCUT2D eigenvalue weighted by Gasteiger charge is -2.24. The number of carbonyl (C=O) groups excluding carboxylic acids is 1. The minimum atomic E-state index is 0. The number of rotatable bonds is 2. The molecule has 3 heterocycles. The summed E-state index contributed by atoms with van der Waals surface area (Å²) in [5.74, 6) is 0.232. The molecule has 0 aromatic carbocycles. The quantitative estimate of drug-likeness (QED) is 0.857.